The third kappa shape index (κ3) is 4.47. The van der Waals surface area contributed by atoms with Crippen LogP contribution in [0.3, 0.4) is 0 Å². The lowest BCUT2D eigenvalue weighted by Crippen LogP contribution is -2.62. The number of carbonyl (C=O) groups is 3. The molecule has 146 valence electrons. The lowest BCUT2D eigenvalue weighted by atomic mass is 9.92. The molecule has 2 saturated heterocycles. The van der Waals surface area contributed by atoms with Crippen molar-refractivity contribution in [3.8, 4) is 0 Å². The third-order valence-corrected chi connectivity index (χ3v) is 4.71. The average Bonchev–Trinajstić information content (AvgIpc) is 2.59. The van der Waals surface area contributed by atoms with Gasteiger partial charge in [-0.15, -0.1) is 0 Å². The van der Waals surface area contributed by atoms with E-state index in [1.54, 1.807) is 0 Å². The number of alkyl halides is 2. The number of nitrogens with zero attached hydrogens (tertiary/aromatic N) is 1. The second kappa shape index (κ2) is 7.67. The minimum absolute atomic E-state index is 0.0565. The van der Waals surface area contributed by atoms with Gasteiger partial charge in [-0.2, -0.15) is 0 Å². The number of benzene rings is 1. The lowest BCUT2D eigenvalue weighted by Gasteiger charge is -2.38. The topological polar surface area (TPSA) is 75.7 Å². The Morgan fingerprint density at radius 2 is 1.89 bits per heavy atom. The molecule has 2 aliphatic rings. The molecule has 9 heteroatoms. The fourth-order valence-electron chi connectivity index (χ4n) is 3.42. The van der Waals surface area contributed by atoms with Crippen molar-refractivity contribution < 1.29 is 32.3 Å². The van der Waals surface area contributed by atoms with Crippen molar-refractivity contribution in [2.75, 3.05) is 13.2 Å². The number of nitrogens with one attached hydrogen (secondary N) is 1. The molecule has 0 spiro atoms. The summed E-state index contributed by atoms with van der Waals surface area (Å²) in [5.41, 5.74) is 0.0565. The maximum absolute atomic E-state index is 14.5. The summed E-state index contributed by atoms with van der Waals surface area (Å²) < 4.78 is 47.3. The van der Waals surface area contributed by atoms with E-state index >= 15 is 0 Å². The van der Waals surface area contributed by atoms with Crippen molar-refractivity contribution in [3.63, 3.8) is 0 Å². The second-order valence-corrected chi connectivity index (χ2v) is 6.77. The maximum atomic E-state index is 14.5. The highest BCUT2D eigenvalue weighted by atomic mass is 19.3. The van der Waals surface area contributed by atoms with E-state index in [-0.39, 0.29) is 5.56 Å². The van der Waals surface area contributed by atoms with Crippen molar-refractivity contribution in [2.45, 2.75) is 37.6 Å². The summed E-state index contributed by atoms with van der Waals surface area (Å²) in [5, 5.41) is 2.00. The molecule has 0 saturated carbocycles. The van der Waals surface area contributed by atoms with Crippen LogP contribution in [0.5, 0.6) is 0 Å². The first-order valence-corrected chi connectivity index (χ1v) is 8.65. The maximum Gasteiger partial charge on any atom is 0.331 e. The highest BCUT2D eigenvalue weighted by Gasteiger charge is 2.48. The molecule has 27 heavy (non-hydrogen) atoms. The van der Waals surface area contributed by atoms with E-state index < -0.39 is 54.4 Å². The van der Waals surface area contributed by atoms with Gasteiger partial charge < -0.3 is 4.74 Å². The Labute approximate surface area is 153 Å². The predicted molar refractivity (Wildman–Crippen MR) is 87.4 cm³/mol. The molecule has 0 aliphatic carbocycles. The van der Waals surface area contributed by atoms with Crippen LogP contribution in [-0.2, 0) is 20.7 Å². The lowest BCUT2D eigenvalue weighted by molar-refractivity contribution is -0.149. The standard InChI is InChI=1S/C18H19F3N2O4/c19-12-3-1-2-11(8-12)9-18(20,21)10-14-15(24)22-17(26)23(16(14)25)13-4-6-27-7-5-13/h1-3,8,13-14H,4-7,9-10H2,(H,22,24,26). The summed E-state index contributed by atoms with van der Waals surface area (Å²) in [6, 6.07) is 3.40. The van der Waals surface area contributed by atoms with Gasteiger partial charge in [-0.3, -0.25) is 19.8 Å². The summed E-state index contributed by atoms with van der Waals surface area (Å²) in [7, 11) is 0. The van der Waals surface area contributed by atoms with Crippen LogP contribution < -0.4 is 5.32 Å². The number of carbonyl (C=O) groups excluding carboxylic acids is 3. The first kappa shape index (κ1) is 19.3. The van der Waals surface area contributed by atoms with E-state index in [2.05, 4.69) is 0 Å². The molecule has 2 aliphatic heterocycles. The Morgan fingerprint density at radius 3 is 2.56 bits per heavy atom. The zero-order valence-corrected chi connectivity index (χ0v) is 14.4. The van der Waals surface area contributed by atoms with Crippen molar-refractivity contribution in [1.82, 2.24) is 10.2 Å². The van der Waals surface area contributed by atoms with Crippen molar-refractivity contribution in [1.29, 1.82) is 0 Å². The molecule has 2 fully saturated rings. The molecule has 1 N–H and O–H groups in total. The number of hydrogen-bond donors (Lipinski definition) is 1. The Balaban J connectivity index is 1.74. The molecular formula is C18H19F3N2O4. The van der Waals surface area contributed by atoms with Crippen molar-refractivity contribution in [2.24, 2.45) is 5.92 Å². The molecular weight excluding hydrogens is 365 g/mol. The van der Waals surface area contributed by atoms with E-state index in [1.165, 1.54) is 12.1 Å². The SMILES string of the molecule is O=C1NC(=O)N(C2CCOCC2)C(=O)C1CC(F)(F)Cc1cccc(F)c1. The van der Waals surface area contributed by atoms with Crippen LogP contribution in [0, 0.1) is 11.7 Å². The van der Waals surface area contributed by atoms with Gasteiger partial charge in [0.1, 0.15) is 11.7 Å². The van der Waals surface area contributed by atoms with Gasteiger partial charge in [-0.1, -0.05) is 12.1 Å². The first-order valence-electron chi connectivity index (χ1n) is 8.65. The van der Waals surface area contributed by atoms with E-state index in [0.29, 0.717) is 26.1 Å². The molecule has 2 heterocycles. The van der Waals surface area contributed by atoms with Gasteiger partial charge in [0, 0.05) is 32.1 Å². The number of urea groups is 1. The largest absolute Gasteiger partial charge is 0.381 e. The quantitative estimate of drug-likeness (QED) is 0.791. The minimum atomic E-state index is -3.42. The van der Waals surface area contributed by atoms with Gasteiger partial charge in [0.15, 0.2) is 0 Å². The van der Waals surface area contributed by atoms with Gasteiger partial charge in [0.2, 0.25) is 11.8 Å². The summed E-state index contributed by atoms with van der Waals surface area (Å²) >= 11 is 0. The van der Waals surface area contributed by atoms with E-state index in [4.69, 9.17) is 4.74 Å². The Hall–Kier alpha value is -2.42. The van der Waals surface area contributed by atoms with Crippen LogP contribution in [0.15, 0.2) is 24.3 Å². The Morgan fingerprint density at radius 1 is 1.19 bits per heavy atom. The van der Waals surface area contributed by atoms with Crippen molar-refractivity contribution >= 4 is 17.8 Å². The van der Waals surface area contributed by atoms with Crippen LogP contribution in [0.4, 0.5) is 18.0 Å². The average molecular weight is 384 g/mol. The summed E-state index contributed by atoms with van der Waals surface area (Å²) in [5.74, 6) is -7.70. The van der Waals surface area contributed by atoms with E-state index in [1.807, 2.05) is 5.32 Å². The zero-order valence-electron chi connectivity index (χ0n) is 14.4. The molecule has 4 amide bonds. The number of barbiturate groups is 1. The third-order valence-electron chi connectivity index (χ3n) is 4.71. The number of halogens is 3. The van der Waals surface area contributed by atoms with E-state index in [9.17, 15) is 27.6 Å². The molecule has 6 nitrogen and oxygen atoms in total. The Bertz CT molecular complexity index is 750. The molecule has 0 bridgehead atoms. The fraction of sp³-hybridized carbons (Fsp3) is 0.500. The number of imide groups is 2. The summed E-state index contributed by atoms with van der Waals surface area (Å²) in [6.45, 7) is 0.687. The highest BCUT2D eigenvalue weighted by molar-refractivity contribution is 6.16. The molecule has 0 radical (unpaired) electrons. The summed E-state index contributed by atoms with van der Waals surface area (Å²) in [6.07, 6.45) is -1.09. The van der Waals surface area contributed by atoms with Gasteiger partial charge in [0.05, 0.1) is 0 Å². The van der Waals surface area contributed by atoms with Crippen LogP contribution in [-0.4, -0.2) is 47.9 Å². The van der Waals surface area contributed by atoms with Crippen LogP contribution >= 0.6 is 0 Å². The predicted octanol–water partition coefficient (Wildman–Crippen LogP) is 2.27. The van der Waals surface area contributed by atoms with Crippen LogP contribution in [0.1, 0.15) is 24.8 Å². The number of ether oxygens (including phenoxy) is 1. The smallest absolute Gasteiger partial charge is 0.331 e. The fourth-order valence-corrected chi connectivity index (χ4v) is 3.42. The monoisotopic (exact) mass is 384 g/mol. The summed E-state index contributed by atoms with van der Waals surface area (Å²) in [4.78, 5) is 37.6. The van der Waals surface area contributed by atoms with Gasteiger partial charge in [-0.05, 0) is 30.5 Å². The van der Waals surface area contributed by atoms with Gasteiger partial charge >= 0.3 is 6.03 Å². The van der Waals surface area contributed by atoms with Crippen molar-refractivity contribution in [3.05, 3.63) is 35.6 Å². The van der Waals surface area contributed by atoms with Gasteiger partial charge in [-0.25, -0.2) is 18.0 Å². The second-order valence-electron chi connectivity index (χ2n) is 6.77. The van der Waals surface area contributed by atoms with Crippen LogP contribution in [0.2, 0.25) is 0 Å². The van der Waals surface area contributed by atoms with Gasteiger partial charge in [0.25, 0.3) is 5.92 Å². The minimum Gasteiger partial charge on any atom is -0.381 e. The number of hydrogen-bond acceptors (Lipinski definition) is 4. The molecule has 1 atom stereocenters. The number of rotatable bonds is 5. The van der Waals surface area contributed by atoms with Crippen LogP contribution in [0.25, 0.3) is 0 Å². The zero-order chi connectivity index (χ0) is 19.6. The Kier molecular flexibility index (Phi) is 5.50. The normalized spacial score (nSPS) is 22.1. The molecule has 1 unspecified atom stereocenters. The van der Waals surface area contributed by atoms with E-state index in [0.717, 1.165) is 17.0 Å². The number of amides is 4. The molecule has 1 aromatic carbocycles. The highest BCUT2D eigenvalue weighted by Crippen LogP contribution is 2.31. The molecule has 3 rings (SSSR count). The molecule has 1 aromatic rings. The molecule has 0 aromatic heterocycles. The first-order chi connectivity index (χ1) is 12.8.